The summed E-state index contributed by atoms with van der Waals surface area (Å²) in [6.45, 7) is 2.18. The number of ether oxygens (including phenoxy) is 1. The number of aryl methyl sites for hydroxylation is 2. The zero-order valence-corrected chi connectivity index (χ0v) is 29.1. The first-order valence-electron chi connectivity index (χ1n) is 16.7. The Bertz CT molecular complexity index is 1870. The summed E-state index contributed by atoms with van der Waals surface area (Å²) in [6, 6.07) is 9.98. The highest BCUT2D eigenvalue weighted by atomic mass is 32.2. The monoisotopic (exact) mass is 739 g/mol. The first-order valence-corrected chi connectivity index (χ1v) is 18.2. The fraction of sp³-hybridized carbons (Fsp3) is 0.514. The summed E-state index contributed by atoms with van der Waals surface area (Å²) in [5.74, 6) is -1.14. The van der Waals surface area contributed by atoms with Crippen LogP contribution in [0.3, 0.4) is 0 Å². The zero-order valence-electron chi connectivity index (χ0n) is 28.3. The van der Waals surface area contributed by atoms with E-state index in [0.29, 0.717) is 11.3 Å². The smallest absolute Gasteiger partial charge is 0.401 e. The maximum Gasteiger partial charge on any atom is 0.401 e. The number of sulfonamides is 1. The molecule has 1 amide bonds. The number of rotatable bonds is 6. The van der Waals surface area contributed by atoms with Crippen LogP contribution < -0.4 is 9.46 Å². The van der Waals surface area contributed by atoms with Crippen LogP contribution >= 0.6 is 0 Å². The van der Waals surface area contributed by atoms with Gasteiger partial charge in [-0.1, -0.05) is 24.3 Å². The minimum Gasteiger partial charge on any atom is -0.475 e. The minimum atomic E-state index is -4.56. The van der Waals surface area contributed by atoms with E-state index in [9.17, 15) is 39.6 Å². The van der Waals surface area contributed by atoms with E-state index < -0.39 is 71.4 Å². The second kappa shape index (κ2) is 13.6. The van der Waals surface area contributed by atoms with Crippen LogP contribution in [0.1, 0.15) is 66.4 Å². The molecule has 3 aromatic rings. The summed E-state index contributed by atoms with van der Waals surface area (Å²) in [5.41, 5.74) is 0.531. The number of carbonyl (C=O) groups excluding carboxylic acids is 1. The van der Waals surface area contributed by atoms with Crippen molar-refractivity contribution in [2.24, 2.45) is 5.41 Å². The van der Waals surface area contributed by atoms with Crippen LogP contribution in [0.4, 0.5) is 32.3 Å². The molecule has 6 rings (SSSR count). The van der Waals surface area contributed by atoms with Crippen LogP contribution in [0.2, 0.25) is 0 Å². The fourth-order valence-corrected chi connectivity index (χ4v) is 8.45. The second-order valence-corrected chi connectivity index (χ2v) is 15.6. The molecule has 4 bridgehead atoms. The number of alkyl halides is 6. The number of anilines is 1. The molecule has 2 saturated carbocycles. The summed E-state index contributed by atoms with van der Waals surface area (Å²) < 4.78 is 119. The lowest BCUT2D eigenvalue weighted by Crippen LogP contribution is -2.54. The van der Waals surface area contributed by atoms with Crippen LogP contribution in [0, 0.1) is 19.3 Å². The van der Waals surface area contributed by atoms with E-state index in [-0.39, 0.29) is 60.8 Å². The van der Waals surface area contributed by atoms with Gasteiger partial charge in [0.2, 0.25) is 11.8 Å². The first-order chi connectivity index (χ1) is 23.9. The van der Waals surface area contributed by atoms with Crippen molar-refractivity contribution in [2.45, 2.75) is 94.2 Å². The van der Waals surface area contributed by atoms with Crippen LogP contribution in [-0.4, -0.2) is 84.8 Å². The van der Waals surface area contributed by atoms with E-state index in [0.717, 1.165) is 17.2 Å². The predicted molar refractivity (Wildman–Crippen MR) is 177 cm³/mol. The van der Waals surface area contributed by atoms with Gasteiger partial charge in [-0.25, -0.2) is 18.1 Å². The van der Waals surface area contributed by atoms with Gasteiger partial charge in [0.1, 0.15) is 6.61 Å². The molecule has 0 saturated heterocycles. The number of aromatic nitrogens is 2. The van der Waals surface area contributed by atoms with Gasteiger partial charge in [-0.15, -0.1) is 0 Å². The molecule has 51 heavy (non-hydrogen) atoms. The summed E-state index contributed by atoms with van der Waals surface area (Å²) in [6.07, 6.45) is -8.72. The predicted octanol–water partition coefficient (Wildman–Crippen LogP) is 7.30. The largest absolute Gasteiger partial charge is 0.475 e. The third-order valence-corrected chi connectivity index (χ3v) is 11.6. The molecule has 3 aliphatic rings. The van der Waals surface area contributed by atoms with Crippen LogP contribution in [0.25, 0.3) is 11.3 Å². The molecular weight excluding hydrogens is 700 g/mol. The third kappa shape index (κ3) is 7.96. The van der Waals surface area contributed by atoms with Crippen molar-refractivity contribution in [3.05, 3.63) is 65.2 Å². The average molecular weight is 740 g/mol. The Labute approximate surface area is 292 Å². The summed E-state index contributed by atoms with van der Waals surface area (Å²) >= 11 is 0. The van der Waals surface area contributed by atoms with Crippen LogP contribution in [0.15, 0.2) is 53.4 Å². The van der Waals surface area contributed by atoms with Crippen molar-refractivity contribution < 1.29 is 44.3 Å². The molecule has 9 nitrogen and oxygen atoms in total. The highest BCUT2D eigenvalue weighted by Crippen LogP contribution is 2.61. The topological polar surface area (TPSA) is 105 Å². The van der Waals surface area contributed by atoms with E-state index in [2.05, 4.69) is 14.7 Å². The number of amides is 1. The molecular formula is C35H39F6N5O4S. The molecule has 276 valence electrons. The van der Waals surface area contributed by atoms with Crippen molar-refractivity contribution in [1.29, 1.82) is 0 Å². The number of hydrogen-bond donors (Lipinski definition) is 1. The van der Waals surface area contributed by atoms with Gasteiger partial charge in [0.15, 0.2) is 0 Å². The van der Waals surface area contributed by atoms with Crippen molar-refractivity contribution in [3.8, 4) is 17.1 Å². The lowest BCUT2D eigenvalue weighted by atomic mass is 9.86. The molecule has 2 fully saturated rings. The van der Waals surface area contributed by atoms with E-state index in [1.807, 2.05) is 32.0 Å². The van der Waals surface area contributed by atoms with Crippen molar-refractivity contribution in [1.82, 2.24) is 19.8 Å². The van der Waals surface area contributed by atoms with Crippen LogP contribution in [-0.2, 0) is 10.0 Å². The SMILES string of the molecule is Cc1cccc(C)c1-c1cc2nc(n1)NS(=O)(=O)c1cccc(c1)C(=O)N(C1CCC(N(C)CC(F)(F)F)CC1)[C@H](CC1(C(F)(F)F)CC1)CO2. The quantitative estimate of drug-likeness (QED) is 0.265. The fourth-order valence-electron chi connectivity index (χ4n) is 7.46. The highest BCUT2D eigenvalue weighted by molar-refractivity contribution is 7.92. The summed E-state index contributed by atoms with van der Waals surface area (Å²) in [5, 5.41) is 0. The van der Waals surface area contributed by atoms with E-state index in [4.69, 9.17) is 4.74 Å². The first kappa shape index (κ1) is 36.9. The normalized spacial score (nSPS) is 23.4. The Balaban J connectivity index is 1.44. The Kier molecular flexibility index (Phi) is 9.80. The minimum absolute atomic E-state index is 0.0702. The van der Waals surface area contributed by atoms with Gasteiger partial charge in [0.25, 0.3) is 15.9 Å². The molecule has 0 unspecified atom stereocenters. The Hall–Kier alpha value is -3.92. The van der Waals surface area contributed by atoms with Crippen molar-refractivity contribution >= 4 is 21.9 Å². The standard InChI is InChI=1S/C35H39F6N5O4S/c1-21-6-4-7-22(2)30(21)28-17-29-43-32(42-28)44-51(48,49)27-9-5-8-23(16-27)31(47)46(26(19-50-29)18-33(14-15-33)35(39,40)41)25-12-10-24(11-13-25)45(3)20-34(36,37)38/h4-9,16-17,24-26H,10-15,18-20H2,1-3H3,(H,42,43,44)/t24?,25?,26-/m1/s1. The van der Waals surface area contributed by atoms with Crippen molar-refractivity contribution in [3.63, 3.8) is 0 Å². The number of carbonyl (C=O) groups is 1. The number of nitrogens with one attached hydrogen (secondary N) is 1. The average Bonchev–Trinajstić information content (AvgIpc) is 3.84. The van der Waals surface area contributed by atoms with Gasteiger partial charge >= 0.3 is 12.4 Å². The summed E-state index contributed by atoms with van der Waals surface area (Å²) in [7, 11) is -3.00. The van der Waals surface area contributed by atoms with E-state index >= 15 is 0 Å². The number of benzene rings is 2. The van der Waals surface area contributed by atoms with Gasteiger partial charge < -0.3 is 9.64 Å². The molecule has 2 heterocycles. The van der Waals surface area contributed by atoms with Crippen LogP contribution in [0.5, 0.6) is 5.88 Å². The Morgan fingerprint density at radius 1 is 0.961 bits per heavy atom. The molecule has 0 spiro atoms. The Morgan fingerprint density at radius 2 is 1.61 bits per heavy atom. The number of halogens is 6. The van der Waals surface area contributed by atoms with E-state index in [1.165, 1.54) is 41.1 Å². The van der Waals surface area contributed by atoms with Gasteiger partial charge in [0.05, 0.1) is 28.6 Å². The molecule has 2 aromatic carbocycles. The lowest BCUT2D eigenvalue weighted by molar-refractivity contribution is -0.193. The maximum atomic E-state index is 14.5. The molecule has 16 heteroatoms. The van der Waals surface area contributed by atoms with Gasteiger partial charge in [0, 0.05) is 29.3 Å². The number of fused-ring (bicyclic) bond motifs is 4. The lowest BCUT2D eigenvalue weighted by Gasteiger charge is -2.44. The van der Waals surface area contributed by atoms with Gasteiger partial charge in [-0.05, 0) is 95.2 Å². The molecule has 0 radical (unpaired) electrons. The molecule has 2 aliphatic carbocycles. The third-order valence-electron chi connectivity index (χ3n) is 10.3. The molecule has 1 aliphatic heterocycles. The molecule has 1 aromatic heterocycles. The second-order valence-electron chi connectivity index (χ2n) is 14.0. The molecule has 1 atom stereocenters. The van der Waals surface area contributed by atoms with Gasteiger partial charge in [-0.3, -0.25) is 9.69 Å². The van der Waals surface area contributed by atoms with E-state index in [1.54, 1.807) is 0 Å². The van der Waals surface area contributed by atoms with Gasteiger partial charge in [-0.2, -0.15) is 31.3 Å². The number of hydrogen-bond acceptors (Lipinski definition) is 7. The maximum absolute atomic E-state index is 14.5. The summed E-state index contributed by atoms with van der Waals surface area (Å²) in [4.78, 5) is 25.5. The van der Waals surface area contributed by atoms with Crippen molar-refractivity contribution in [2.75, 3.05) is 24.9 Å². The highest BCUT2D eigenvalue weighted by Gasteiger charge is 2.64. The number of nitrogens with zero attached hydrogens (tertiary/aromatic N) is 4. The molecule has 1 N–H and O–H groups in total. The Morgan fingerprint density at radius 3 is 2.22 bits per heavy atom. The zero-order chi connectivity index (χ0) is 36.9.